The van der Waals surface area contributed by atoms with Gasteiger partial charge in [0, 0.05) is 38.8 Å². The molecule has 0 bridgehead atoms. The number of carbonyl (C=O) groups excluding carboxylic acids is 1. The first kappa shape index (κ1) is 42.5. The number of fused-ring (bicyclic) bond motifs is 3. The van der Waals surface area contributed by atoms with Gasteiger partial charge in [-0.15, -0.1) is 0 Å². The Hall–Kier alpha value is -5.79. The van der Waals surface area contributed by atoms with Gasteiger partial charge >= 0.3 is 6.03 Å². The zero-order valence-electron chi connectivity index (χ0n) is 37.0. The van der Waals surface area contributed by atoms with Crippen molar-refractivity contribution in [2.75, 3.05) is 11.9 Å². The summed E-state index contributed by atoms with van der Waals surface area (Å²) < 4.78 is 21.9. The van der Waals surface area contributed by atoms with Crippen LogP contribution >= 0.6 is 0 Å². The summed E-state index contributed by atoms with van der Waals surface area (Å²) in [6.45, 7) is 13.5. The maximum atomic E-state index is 15.8. The molecule has 2 N–H and O–H groups in total. The van der Waals surface area contributed by atoms with Crippen LogP contribution in [-0.4, -0.2) is 80.3 Å². The summed E-state index contributed by atoms with van der Waals surface area (Å²) in [6.07, 6.45) is 2.30. The molecule has 63 heavy (non-hydrogen) atoms. The number of nitrogens with one attached hydrogen (secondary N) is 2. The molecule has 2 aliphatic heterocycles. The Kier molecular flexibility index (Phi) is 12.2. The van der Waals surface area contributed by atoms with E-state index in [9.17, 15) is 0 Å². The van der Waals surface area contributed by atoms with Crippen LogP contribution in [0.5, 0.6) is 0 Å². The van der Waals surface area contributed by atoms with Crippen LogP contribution in [-0.2, 0) is 53.4 Å². The number of carbonyl (C=O) groups is 1. The number of benzene rings is 5. The zero-order chi connectivity index (χ0) is 43.6. The number of urea groups is 1. The predicted molar refractivity (Wildman–Crippen MR) is 252 cm³/mol. The Morgan fingerprint density at radius 3 is 2.02 bits per heavy atom. The minimum atomic E-state index is -1.21. The normalized spacial score (nSPS) is 20.0. The van der Waals surface area contributed by atoms with Gasteiger partial charge in [0.2, 0.25) is 0 Å². The van der Waals surface area contributed by atoms with E-state index >= 15 is 4.79 Å². The molecule has 2 aliphatic rings. The number of anilines is 1. The Morgan fingerprint density at radius 2 is 1.37 bits per heavy atom. The molecule has 9 rings (SSSR count). The lowest BCUT2D eigenvalue weighted by Gasteiger charge is -2.37. The third kappa shape index (κ3) is 10.0. The number of rotatable bonds is 16. The SMILES string of the molecule is CC1(C)O[C@@H]2[C@@H](O1)[C@@H](Cc1ccccc1)N(Cc1ccc3c(cnn3COCC[Si](C)(C)C)c1)C(=O)N(Cc1cccc(NCc3nc4ccccc4[nH]3)c1)[C@@H]2Cc1ccccc1. The maximum absolute atomic E-state index is 15.8. The van der Waals surface area contributed by atoms with Gasteiger partial charge in [0.1, 0.15) is 24.8 Å². The number of amides is 2. The molecule has 0 spiro atoms. The molecule has 7 aromatic rings. The number of para-hydroxylation sites is 2. The van der Waals surface area contributed by atoms with Crippen molar-refractivity contribution < 1.29 is 19.0 Å². The first-order valence-corrected chi connectivity index (χ1v) is 25.9. The van der Waals surface area contributed by atoms with Gasteiger partial charge < -0.3 is 34.3 Å². The summed E-state index contributed by atoms with van der Waals surface area (Å²) in [4.78, 5) is 28.1. The molecule has 0 aliphatic carbocycles. The molecule has 0 unspecified atom stereocenters. The van der Waals surface area contributed by atoms with Crippen molar-refractivity contribution >= 4 is 41.7 Å². The summed E-state index contributed by atoms with van der Waals surface area (Å²) in [7, 11) is -1.21. The standard InChI is InChI=1S/C51H59N7O4Si/c1-51(2)61-48-45(29-36-15-8-6-9-16-36)56(33-38-19-14-20-41(28-38)52-32-47-54-42-21-12-13-22-43(42)55-47)50(59)57(46(49(48)62-51)30-37-17-10-7-11-18-37)34-39-23-24-44-40(27-39)31-53-58(44)35-60-25-26-63(3,4)5/h6-24,27-28,31,45-46,48-49,52H,25-26,29-30,32-35H2,1-5H3,(H,54,55)/t45-,46-,48+,49+/m1/s1. The van der Waals surface area contributed by atoms with E-state index in [-0.39, 0.29) is 18.1 Å². The van der Waals surface area contributed by atoms with Crippen LogP contribution in [0.15, 0.2) is 134 Å². The second-order valence-corrected chi connectivity index (χ2v) is 24.4. The highest BCUT2D eigenvalue weighted by Crippen LogP contribution is 2.41. The van der Waals surface area contributed by atoms with E-state index in [0.717, 1.165) is 68.4 Å². The Balaban J connectivity index is 1.06. The molecular formula is C51H59N7O4Si. The number of aromatic nitrogens is 4. The van der Waals surface area contributed by atoms with Gasteiger partial charge in [0.25, 0.3) is 0 Å². The Bertz CT molecular complexity index is 2610. The molecule has 4 atom stereocenters. The minimum absolute atomic E-state index is 0.0523. The molecule has 2 amide bonds. The summed E-state index contributed by atoms with van der Waals surface area (Å²) >= 11 is 0. The third-order valence-electron chi connectivity index (χ3n) is 12.2. The van der Waals surface area contributed by atoms with E-state index in [4.69, 9.17) is 24.3 Å². The van der Waals surface area contributed by atoms with Crippen molar-refractivity contribution in [1.82, 2.24) is 29.5 Å². The lowest BCUT2D eigenvalue weighted by Crippen LogP contribution is -2.51. The van der Waals surface area contributed by atoms with Crippen LogP contribution in [0.4, 0.5) is 10.5 Å². The molecule has 12 heteroatoms. The Morgan fingerprint density at radius 1 is 0.746 bits per heavy atom. The number of hydrogen-bond donors (Lipinski definition) is 2. The van der Waals surface area contributed by atoms with E-state index in [2.05, 4.69) is 126 Å². The van der Waals surface area contributed by atoms with Gasteiger partial charge in [0.05, 0.1) is 41.4 Å². The second-order valence-electron chi connectivity index (χ2n) is 18.8. The van der Waals surface area contributed by atoms with Crippen LogP contribution < -0.4 is 5.32 Å². The van der Waals surface area contributed by atoms with Gasteiger partial charge in [-0.2, -0.15) is 5.10 Å². The van der Waals surface area contributed by atoms with Gasteiger partial charge in [-0.05, 0) is 91.4 Å². The molecule has 326 valence electrons. The first-order chi connectivity index (χ1) is 30.4. The molecule has 2 fully saturated rings. The van der Waals surface area contributed by atoms with Crippen molar-refractivity contribution in [3.05, 3.63) is 162 Å². The maximum Gasteiger partial charge on any atom is 0.321 e. The highest BCUT2D eigenvalue weighted by molar-refractivity contribution is 6.76. The molecule has 2 saturated heterocycles. The number of hydrogen-bond acceptors (Lipinski definition) is 7. The molecule has 2 aromatic heterocycles. The lowest BCUT2D eigenvalue weighted by molar-refractivity contribution is -0.157. The van der Waals surface area contributed by atoms with Crippen molar-refractivity contribution in [2.45, 2.75) is 109 Å². The van der Waals surface area contributed by atoms with Crippen molar-refractivity contribution in [3.63, 3.8) is 0 Å². The number of aromatic amines is 1. The summed E-state index contributed by atoms with van der Waals surface area (Å²) in [5.74, 6) is -0.00195. The average Bonchev–Trinajstić information content (AvgIpc) is 3.97. The smallest absolute Gasteiger partial charge is 0.321 e. The zero-order valence-corrected chi connectivity index (χ0v) is 38.0. The van der Waals surface area contributed by atoms with Gasteiger partial charge in [-0.1, -0.05) is 111 Å². The number of nitrogens with zero attached hydrogens (tertiary/aromatic N) is 5. The van der Waals surface area contributed by atoms with Crippen molar-refractivity contribution in [3.8, 4) is 0 Å². The monoisotopic (exact) mass is 861 g/mol. The van der Waals surface area contributed by atoms with E-state index in [0.29, 0.717) is 39.2 Å². The van der Waals surface area contributed by atoms with Crippen LogP contribution in [0.25, 0.3) is 21.9 Å². The van der Waals surface area contributed by atoms with Gasteiger partial charge in [0.15, 0.2) is 5.79 Å². The lowest BCUT2D eigenvalue weighted by atomic mass is 9.91. The molecule has 5 aromatic carbocycles. The number of ether oxygens (including phenoxy) is 3. The summed E-state index contributed by atoms with van der Waals surface area (Å²) in [5.41, 5.74) is 8.19. The fourth-order valence-corrected chi connectivity index (χ4v) is 9.82. The minimum Gasteiger partial charge on any atom is -0.378 e. The number of imidazole rings is 1. The fourth-order valence-electron chi connectivity index (χ4n) is 9.06. The van der Waals surface area contributed by atoms with Crippen LogP contribution in [0.2, 0.25) is 25.7 Å². The van der Waals surface area contributed by atoms with Gasteiger partial charge in [-0.3, -0.25) is 0 Å². The summed E-state index contributed by atoms with van der Waals surface area (Å²) in [6, 6.07) is 44.0. The molecule has 4 heterocycles. The van der Waals surface area contributed by atoms with E-state index in [1.54, 1.807) is 0 Å². The highest BCUT2D eigenvalue weighted by atomic mass is 28.3. The largest absolute Gasteiger partial charge is 0.378 e. The first-order valence-electron chi connectivity index (χ1n) is 22.2. The predicted octanol–water partition coefficient (Wildman–Crippen LogP) is 10.0. The molecular weight excluding hydrogens is 803 g/mol. The second kappa shape index (κ2) is 18.1. The van der Waals surface area contributed by atoms with Crippen LogP contribution in [0.1, 0.15) is 41.9 Å². The van der Waals surface area contributed by atoms with Crippen LogP contribution in [0.3, 0.4) is 0 Å². The number of H-pyrrole nitrogens is 1. The van der Waals surface area contributed by atoms with Crippen molar-refractivity contribution in [1.29, 1.82) is 0 Å². The van der Waals surface area contributed by atoms with Gasteiger partial charge in [-0.25, -0.2) is 14.5 Å². The van der Waals surface area contributed by atoms with E-state index in [1.165, 1.54) is 0 Å². The quantitative estimate of drug-likeness (QED) is 0.0736. The average molecular weight is 862 g/mol. The van der Waals surface area contributed by atoms with E-state index < -0.39 is 26.1 Å². The molecule has 0 radical (unpaired) electrons. The van der Waals surface area contributed by atoms with Crippen LogP contribution in [0, 0.1) is 0 Å². The molecule has 11 nitrogen and oxygen atoms in total. The molecule has 0 saturated carbocycles. The fraction of sp³-hybridized carbons (Fsp3) is 0.353. The Labute approximate surface area is 371 Å². The van der Waals surface area contributed by atoms with Crippen molar-refractivity contribution in [2.24, 2.45) is 0 Å². The highest BCUT2D eigenvalue weighted by Gasteiger charge is 2.55. The topological polar surface area (TPSA) is 110 Å². The summed E-state index contributed by atoms with van der Waals surface area (Å²) in [5, 5.41) is 9.28. The van der Waals surface area contributed by atoms with E-state index in [1.807, 2.05) is 66.0 Å². The third-order valence-corrected chi connectivity index (χ3v) is 13.9.